The van der Waals surface area contributed by atoms with Gasteiger partial charge in [0.25, 0.3) is 0 Å². The SMILES string of the molecule is CCNc1nc(-c2cc(Br)c(C)s2)nc(COC)c1Br. The number of ether oxygens (including phenoxy) is 1. The van der Waals surface area contributed by atoms with Crippen molar-refractivity contribution < 1.29 is 4.74 Å². The van der Waals surface area contributed by atoms with Crippen LogP contribution in [0.4, 0.5) is 5.82 Å². The lowest BCUT2D eigenvalue weighted by atomic mass is 10.3. The molecule has 2 aromatic rings. The molecule has 0 aliphatic carbocycles. The Balaban J connectivity index is 2.52. The number of hydrogen-bond acceptors (Lipinski definition) is 5. The molecule has 0 unspecified atom stereocenters. The molecule has 2 rings (SSSR count). The van der Waals surface area contributed by atoms with Crippen molar-refractivity contribution in [1.29, 1.82) is 0 Å². The first-order valence-electron chi connectivity index (χ1n) is 6.12. The molecular formula is C13H15Br2N3OS. The smallest absolute Gasteiger partial charge is 0.172 e. The Kier molecular flexibility index (Phi) is 5.54. The quantitative estimate of drug-likeness (QED) is 0.766. The van der Waals surface area contributed by atoms with E-state index in [1.165, 1.54) is 4.88 Å². The summed E-state index contributed by atoms with van der Waals surface area (Å²) in [5, 5.41) is 3.25. The Bertz CT molecular complexity index is 569. The van der Waals surface area contributed by atoms with Gasteiger partial charge in [0.05, 0.1) is 21.7 Å². The number of aryl methyl sites for hydroxylation is 1. The van der Waals surface area contributed by atoms with Gasteiger partial charge >= 0.3 is 0 Å². The van der Waals surface area contributed by atoms with E-state index in [4.69, 9.17) is 4.74 Å². The highest BCUT2D eigenvalue weighted by Gasteiger charge is 2.15. The lowest BCUT2D eigenvalue weighted by Gasteiger charge is -2.11. The standard InChI is InChI=1S/C13H15Br2N3OS/c1-4-16-13-11(15)9(6-19-3)17-12(18-13)10-5-8(14)7(2)20-10/h5H,4,6H2,1-3H3,(H,16,17,18). The van der Waals surface area contributed by atoms with Gasteiger partial charge in [0.15, 0.2) is 5.82 Å². The third-order valence-corrected chi connectivity index (χ3v) is 5.59. The minimum Gasteiger partial charge on any atom is -0.378 e. The van der Waals surface area contributed by atoms with E-state index >= 15 is 0 Å². The van der Waals surface area contributed by atoms with Crippen molar-refractivity contribution in [2.75, 3.05) is 19.0 Å². The number of nitrogens with zero attached hydrogens (tertiary/aromatic N) is 2. The van der Waals surface area contributed by atoms with Gasteiger partial charge in [-0.1, -0.05) is 0 Å². The van der Waals surface area contributed by atoms with Crippen LogP contribution in [0.3, 0.4) is 0 Å². The Hall–Kier alpha value is -0.500. The summed E-state index contributed by atoms with van der Waals surface area (Å²) >= 11 is 8.74. The molecule has 0 saturated carbocycles. The number of nitrogens with one attached hydrogen (secondary N) is 1. The zero-order valence-corrected chi connectivity index (χ0v) is 15.4. The average Bonchev–Trinajstić information content (AvgIpc) is 2.75. The Labute approximate surface area is 139 Å². The Morgan fingerprint density at radius 2 is 2.10 bits per heavy atom. The van der Waals surface area contributed by atoms with Gasteiger partial charge in [-0.15, -0.1) is 11.3 Å². The second kappa shape index (κ2) is 6.98. The highest BCUT2D eigenvalue weighted by atomic mass is 79.9. The van der Waals surface area contributed by atoms with Crippen LogP contribution in [-0.2, 0) is 11.3 Å². The average molecular weight is 421 g/mol. The molecule has 0 spiro atoms. The van der Waals surface area contributed by atoms with Crippen molar-refractivity contribution in [3.05, 3.63) is 25.6 Å². The highest BCUT2D eigenvalue weighted by Crippen LogP contribution is 2.34. The molecule has 0 amide bonds. The Morgan fingerprint density at radius 1 is 1.35 bits per heavy atom. The van der Waals surface area contributed by atoms with Crippen molar-refractivity contribution >= 4 is 49.0 Å². The van der Waals surface area contributed by atoms with Crippen LogP contribution in [0.15, 0.2) is 15.0 Å². The van der Waals surface area contributed by atoms with Gasteiger partial charge in [-0.2, -0.15) is 0 Å². The molecule has 0 saturated heterocycles. The summed E-state index contributed by atoms with van der Waals surface area (Å²) in [6, 6.07) is 2.05. The molecule has 0 fully saturated rings. The molecular weight excluding hydrogens is 406 g/mol. The fourth-order valence-corrected chi connectivity index (χ4v) is 3.59. The van der Waals surface area contributed by atoms with E-state index in [1.807, 2.05) is 6.92 Å². The monoisotopic (exact) mass is 419 g/mol. The summed E-state index contributed by atoms with van der Waals surface area (Å²) in [4.78, 5) is 11.4. The van der Waals surface area contributed by atoms with Crippen LogP contribution < -0.4 is 5.32 Å². The molecule has 0 atom stereocenters. The predicted molar refractivity (Wildman–Crippen MR) is 90.4 cm³/mol. The summed E-state index contributed by atoms with van der Waals surface area (Å²) < 4.78 is 7.15. The predicted octanol–water partition coefficient (Wildman–Crippen LogP) is 4.62. The minimum atomic E-state index is 0.444. The topological polar surface area (TPSA) is 47.0 Å². The van der Waals surface area contributed by atoms with E-state index in [9.17, 15) is 0 Å². The fourth-order valence-electron chi connectivity index (χ4n) is 1.69. The first-order chi connectivity index (χ1) is 9.56. The second-order valence-corrected chi connectivity index (χ2v) is 7.04. The largest absolute Gasteiger partial charge is 0.378 e. The van der Waals surface area contributed by atoms with Crippen molar-refractivity contribution in [2.45, 2.75) is 20.5 Å². The molecule has 0 aliphatic rings. The molecule has 0 aromatic carbocycles. The fraction of sp³-hybridized carbons (Fsp3) is 0.385. The molecule has 2 heterocycles. The molecule has 7 heteroatoms. The van der Waals surface area contributed by atoms with Gasteiger partial charge in [-0.25, -0.2) is 9.97 Å². The van der Waals surface area contributed by atoms with E-state index in [1.54, 1.807) is 18.4 Å². The van der Waals surface area contributed by atoms with Gasteiger partial charge in [0.1, 0.15) is 5.82 Å². The van der Waals surface area contributed by atoms with Crippen LogP contribution in [-0.4, -0.2) is 23.6 Å². The molecule has 0 radical (unpaired) electrons. The number of thiophene rings is 1. The highest BCUT2D eigenvalue weighted by molar-refractivity contribution is 9.11. The zero-order chi connectivity index (χ0) is 14.7. The van der Waals surface area contributed by atoms with E-state index < -0.39 is 0 Å². The van der Waals surface area contributed by atoms with Gasteiger partial charge in [0, 0.05) is 23.0 Å². The number of rotatable bonds is 5. The van der Waals surface area contributed by atoms with Gasteiger partial charge in [-0.05, 0) is 51.8 Å². The zero-order valence-electron chi connectivity index (χ0n) is 11.5. The summed E-state index contributed by atoms with van der Waals surface area (Å²) in [6.07, 6.45) is 0. The number of aromatic nitrogens is 2. The maximum Gasteiger partial charge on any atom is 0.172 e. The third-order valence-electron chi connectivity index (χ3n) is 2.62. The van der Waals surface area contributed by atoms with Crippen LogP contribution in [0.5, 0.6) is 0 Å². The summed E-state index contributed by atoms with van der Waals surface area (Å²) in [6.45, 7) is 5.35. The summed E-state index contributed by atoms with van der Waals surface area (Å²) in [7, 11) is 1.66. The lowest BCUT2D eigenvalue weighted by molar-refractivity contribution is 0.181. The van der Waals surface area contributed by atoms with Crippen molar-refractivity contribution in [2.24, 2.45) is 0 Å². The molecule has 20 heavy (non-hydrogen) atoms. The molecule has 2 aromatic heterocycles. The normalized spacial score (nSPS) is 10.8. The molecule has 0 aliphatic heterocycles. The molecule has 108 valence electrons. The lowest BCUT2D eigenvalue weighted by Crippen LogP contribution is -2.06. The van der Waals surface area contributed by atoms with Gasteiger partial charge < -0.3 is 10.1 Å². The molecule has 4 nitrogen and oxygen atoms in total. The summed E-state index contributed by atoms with van der Waals surface area (Å²) in [5.74, 6) is 1.52. The first-order valence-corrected chi connectivity index (χ1v) is 8.52. The van der Waals surface area contributed by atoms with E-state index in [-0.39, 0.29) is 0 Å². The number of halogens is 2. The number of methoxy groups -OCH3 is 1. The van der Waals surface area contributed by atoms with Crippen molar-refractivity contribution in [3.8, 4) is 10.7 Å². The molecule has 0 bridgehead atoms. The van der Waals surface area contributed by atoms with Crippen molar-refractivity contribution in [1.82, 2.24) is 9.97 Å². The van der Waals surface area contributed by atoms with E-state index in [0.717, 1.165) is 37.7 Å². The van der Waals surface area contributed by atoms with E-state index in [2.05, 4.69) is 60.1 Å². The molecule has 1 N–H and O–H groups in total. The number of hydrogen-bond donors (Lipinski definition) is 1. The van der Waals surface area contributed by atoms with Crippen LogP contribution in [0.25, 0.3) is 10.7 Å². The number of anilines is 1. The second-order valence-electron chi connectivity index (χ2n) is 4.13. The van der Waals surface area contributed by atoms with Gasteiger partial charge in [-0.3, -0.25) is 0 Å². The van der Waals surface area contributed by atoms with Crippen molar-refractivity contribution in [3.63, 3.8) is 0 Å². The maximum atomic E-state index is 5.21. The van der Waals surface area contributed by atoms with Crippen LogP contribution >= 0.6 is 43.2 Å². The Morgan fingerprint density at radius 3 is 2.65 bits per heavy atom. The minimum absolute atomic E-state index is 0.444. The van der Waals surface area contributed by atoms with Crippen LogP contribution in [0.2, 0.25) is 0 Å². The van der Waals surface area contributed by atoms with Gasteiger partial charge in [0.2, 0.25) is 0 Å². The van der Waals surface area contributed by atoms with Crippen LogP contribution in [0, 0.1) is 6.92 Å². The van der Waals surface area contributed by atoms with Crippen LogP contribution in [0.1, 0.15) is 17.5 Å². The van der Waals surface area contributed by atoms with E-state index in [0.29, 0.717) is 6.61 Å². The maximum absolute atomic E-state index is 5.21. The first kappa shape index (κ1) is 15.9. The third kappa shape index (κ3) is 3.39. The summed E-state index contributed by atoms with van der Waals surface area (Å²) in [5.41, 5.74) is 0.843.